The van der Waals surface area contributed by atoms with E-state index in [1.54, 1.807) is 37.6 Å². The van der Waals surface area contributed by atoms with E-state index in [2.05, 4.69) is 10.3 Å². The Morgan fingerprint density at radius 1 is 1.18 bits per heavy atom. The van der Waals surface area contributed by atoms with E-state index < -0.39 is 15.6 Å². The summed E-state index contributed by atoms with van der Waals surface area (Å²) in [4.78, 5) is 16.8. The van der Waals surface area contributed by atoms with Crippen LogP contribution in [0, 0.1) is 0 Å². The maximum absolute atomic E-state index is 12.8. The Morgan fingerprint density at radius 2 is 1.89 bits per heavy atom. The molecule has 0 unspecified atom stereocenters. The molecule has 8 heteroatoms. The van der Waals surface area contributed by atoms with Crippen LogP contribution in [-0.2, 0) is 14.8 Å². The third-order valence-electron chi connectivity index (χ3n) is 5.15. The number of benzene rings is 1. The zero-order valence-corrected chi connectivity index (χ0v) is 16.7. The lowest BCUT2D eigenvalue weighted by Gasteiger charge is -2.42. The molecule has 150 valence electrons. The van der Waals surface area contributed by atoms with E-state index in [0.717, 1.165) is 0 Å². The largest absolute Gasteiger partial charge is 0.385 e. The van der Waals surface area contributed by atoms with Crippen molar-refractivity contribution in [2.75, 3.05) is 26.8 Å². The third kappa shape index (κ3) is 4.57. The Kier molecular flexibility index (Phi) is 6.43. The van der Waals surface area contributed by atoms with Crippen molar-refractivity contribution in [3.8, 4) is 0 Å². The van der Waals surface area contributed by atoms with E-state index in [-0.39, 0.29) is 10.8 Å². The first-order chi connectivity index (χ1) is 13.5. The minimum atomic E-state index is -3.59. The molecule has 1 amide bonds. The van der Waals surface area contributed by atoms with E-state index in [0.29, 0.717) is 44.5 Å². The van der Waals surface area contributed by atoms with Crippen molar-refractivity contribution in [2.45, 2.75) is 29.7 Å². The highest BCUT2D eigenvalue weighted by atomic mass is 32.2. The van der Waals surface area contributed by atoms with Gasteiger partial charge < -0.3 is 10.1 Å². The van der Waals surface area contributed by atoms with Crippen molar-refractivity contribution in [2.24, 2.45) is 0 Å². The summed E-state index contributed by atoms with van der Waals surface area (Å²) in [5.41, 5.74) is 0.0915. The van der Waals surface area contributed by atoms with Crippen LogP contribution >= 0.6 is 0 Å². The van der Waals surface area contributed by atoms with Crippen molar-refractivity contribution < 1.29 is 17.9 Å². The predicted molar refractivity (Wildman–Crippen MR) is 105 cm³/mol. The number of sulfonamides is 1. The lowest BCUT2D eigenvalue weighted by atomic mass is 9.85. The summed E-state index contributed by atoms with van der Waals surface area (Å²) in [6, 6.07) is 12.2. The van der Waals surface area contributed by atoms with Crippen molar-refractivity contribution in [3.05, 3.63) is 60.4 Å². The highest BCUT2D eigenvalue weighted by molar-refractivity contribution is 7.89. The molecular formula is C20H25N3O4S. The van der Waals surface area contributed by atoms with Crippen LogP contribution in [0.5, 0.6) is 0 Å². The normalized spacial score (nSPS) is 17.2. The third-order valence-corrected chi connectivity index (χ3v) is 7.03. The maximum Gasteiger partial charge on any atom is 0.251 e. The highest BCUT2D eigenvalue weighted by Crippen LogP contribution is 2.29. The van der Waals surface area contributed by atoms with Gasteiger partial charge in [0.15, 0.2) is 0 Å². The number of rotatable bonds is 7. The minimum absolute atomic E-state index is 0.153. The Morgan fingerprint density at radius 3 is 2.50 bits per heavy atom. The number of amides is 1. The number of aromatic nitrogens is 1. The first-order valence-electron chi connectivity index (χ1n) is 9.24. The van der Waals surface area contributed by atoms with Crippen LogP contribution in [-0.4, -0.2) is 56.0 Å². The number of hydrogen-bond acceptors (Lipinski definition) is 5. The molecule has 2 heterocycles. The SMILES string of the molecule is COCCC1(NC(=O)c2ccccc2)CCN(S(=O)(=O)c2cccnc2)CC1. The smallest absolute Gasteiger partial charge is 0.251 e. The molecule has 0 atom stereocenters. The van der Waals surface area contributed by atoms with Crippen LogP contribution in [0.3, 0.4) is 0 Å². The number of ether oxygens (including phenoxy) is 1. The number of pyridine rings is 1. The fourth-order valence-electron chi connectivity index (χ4n) is 3.44. The molecule has 3 rings (SSSR count). The number of carbonyl (C=O) groups excluding carboxylic acids is 1. The first kappa shape index (κ1) is 20.4. The van der Waals surface area contributed by atoms with Gasteiger partial charge >= 0.3 is 0 Å². The molecule has 1 fully saturated rings. The van der Waals surface area contributed by atoms with Gasteiger partial charge in [0.05, 0.1) is 0 Å². The maximum atomic E-state index is 12.8. The highest BCUT2D eigenvalue weighted by Gasteiger charge is 2.39. The molecule has 1 N–H and O–H groups in total. The van der Waals surface area contributed by atoms with Gasteiger partial charge in [0.2, 0.25) is 10.0 Å². The van der Waals surface area contributed by atoms with Crippen LogP contribution in [0.2, 0.25) is 0 Å². The molecule has 1 aliphatic heterocycles. The Labute approximate surface area is 165 Å². The van der Waals surface area contributed by atoms with Crippen LogP contribution in [0.1, 0.15) is 29.6 Å². The van der Waals surface area contributed by atoms with Crippen molar-refractivity contribution in [3.63, 3.8) is 0 Å². The van der Waals surface area contributed by atoms with Crippen molar-refractivity contribution in [1.29, 1.82) is 0 Å². The first-order valence-corrected chi connectivity index (χ1v) is 10.7. The van der Waals surface area contributed by atoms with Crippen LogP contribution in [0.4, 0.5) is 0 Å². The second-order valence-corrected chi connectivity index (χ2v) is 8.87. The van der Waals surface area contributed by atoms with Gasteiger partial charge in [-0.1, -0.05) is 18.2 Å². The number of nitrogens with zero attached hydrogens (tertiary/aromatic N) is 2. The van der Waals surface area contributed by atoms with Crippen molar-refractivity contribution >= 4 is 15.9 Å². The average Bonchev–Trinajstić information content (AvgIpc) is 2.74. The summed E-state index contributed by atoms with van der Waals surface area (Å²) in [7, 11) is -1.97. The van der Waals surface area contributed by atoms with Crippen molar-refractivity contribution in [1.82, 2.24) is 14.6 Å². The van der Waals surface area contributed by atoms with Crippen LogP contribution in [0.15, 0.2) is 59.8 Å². The number of piperidine rings is 1. The van der Waals surface area contributed by atoms with Gasteiger partial charge in [0.1, 0.15) is 4.90 Å². The molecule has 7 nitrogen and oxygen atoms in total. The van der Waals surface area contributed by atoms with Gasteiger partial charge in [0, 0.05) is 50.3 Å². The minimum Gasteiger partial charge on any atom is -0.385 e. The molecule has 0 radical (unpaired) electrons. The van der Waals surface area contributed by atoms with E-state index in [1.807, 2.05) is 18.2 Å². The van der Waals surface area contributed by atoms with Gasteiger partial charge in [-0.3, -0.25) is 9.78 Å². The molecule has 0 aliphatic carbocycles. The Bertz CT molecular complexity index is 880. The van der Waals surface area contributed by atoms with E-state index >= 15 is 0 Å². The quantitative estimate of drug-likeness (QED) is 0.765. The Hall–Kier alpha value is -2.29. The molecule has 0 spiro atoms. The standard InChI is InChI=1S/C20H25N3O4S/c1-27-15-11-20(22-19(24)17-6-3-2-4-7-17)9-13-23(14-10-20)28(25,26)18-8-5-12-21-16-18/h2-8,12,16H,9-11,13-15H2,1H3,(H,22,24). The van der Waals surface area contributed by atoms with Gasteiger partial charge in [0.25, 0.3) is 5.91 Å². The zero-order chi connectivity index (χ0) is 20.0. The summed E-state index contributed by atoms with van der Waals surface area (Å²) in [6.45, 7) is 1.15. The molecule has 1 aromatic heterocycles. The second-order valence-electron chi connectivity index (χ2n) is 6.94. The summed E-state index contributed by atoms with van der Waals surface area (Å²) < 4.78 is 32.4. The van der Waals surface area contributed by atoms with Gasteiger partial charge in [-0.2, -0.15) is 4.31 Å². The lowest BCUT2D eigenvalue weighted by molar-refractivity contribution is 0.0783. The van der Waals surface area contributed by atoms with E-state index in [4.69, 9.17) is 4.74 Å². The topological polar surface area (TPSA) is 88.6 Å². The summed E-state index contributed by atoms with van der Waals surface area (Å²) in [5.74, 6) is -0.153. The summed E-state index contributed by atoms with van der Waals surface area (Å²) >= 11 is 0. The molecular weight excluding hydrogens is 378 g/mol. The molecule has 2 aromatic rings. The van der Waals surface area contributed by atoms with Crippen LogP contribution < -0.4 is 5.32 Å². The van der Waals surface area contributed by atoms with E-state index in [1.165, 1.54) is 10.5 Å². The Balaban J connectivity index is 1.73. The number of methoxy groups -OCH3 is 1. The second kappa shape index (κ2) is 8.81. The number of nitrogens with one attached hydrogen (secondary N) is 1. The molecule has 1 aromatic carbocycles. The fraction of sp³-hybridized carbons (Fsp3) is 0.400. The summed E-state index contributed by atoms with van der Waals surface area (Å²) in [5, 5.41) is 3.14. The zero-order valence-electron chi connectivity index (χ0n) is 15.9. The van der Waals surface area contributed by atoms with Gasteiger partial charge in [-0.05, 0) is 43.5 Å². The van der Waals surface area contributed by atoms with E-state index in [9.17, 15) is 13.2 Å². The summed E-state index contributed by atoms with van der Waals surface area (Å²) in [6.07, 6.45) is 4.58. The monoisotopic (exact) mass is 403 g/mol. The molecule has 0 saturated carbocycles. The number of hydrogen-bond donors (Lipinski definition) is 1. The van der Waals surface area contributed by atoms with Gasteiger partial charge in [-0.25, -0.2) is 8.42 Å². The average molecular weight is 404 g/mol. The van der Waals surface area contributed by atoms with Crippen LogP contribution in [0.25, 0.3) is 0 Å². The molecule has 1 aliphatic rings. The lowest BCUT2D eigenvalue weighted by Crippen LogP contribution is -2.56. The molecule has 1 saturated heterocycles. The number of carbonyl (C=O) groups is 1. The molecule has 28 heavy (non-hydrogen) atoms. The van der Waals surface area contributed by atoms with Gasteiger partial charge in [-0.15, -0.1) is 0 Å². The fourth-order valence-corrected chi connectivity index (χ4v) is 4.85. The predicted octanol–water partition coefficient (Wildman–Crippen LogP) is 2.07. The molecule has 0 bridgehead atoms.